The minimum Gasteiger partial charge on any atom is -0.497 e. The Kier molecular flexibility index (Phi) is 2.77. The molecule has 1 heterocycles. The van der Waals surface area contributed by atoms with Crippen molar-refractivity contribution in [1.82, 2.24) is 0 Å². The van der Waals surface area contributed by atoms with Crippen LogP contribution in [0.25, 0.3) is 30.9 Å². The third-order valence-corrected chi connectivity index (χ3v) is 5.08. The van der Waals surface area contributed by atoms with Crippen LogP contribution >= 0.6 is 11.3 Å². The average molecular weight is 309 g/mol. The van der Waals surface area contributed by atoms with Crippen molar-refractivity contribution in [3.05, 3.63) is 58.6 Å². The molecule has 4 nitrogen and oxygen atoms in total. The second-order valence-corrected chi connectivity index (χ2v) is 6.09. The monoisotopic (exact) mass is 309 g/mol. The van der Waals surface area contributed by atoms with Crippen LogP contribution in [0.15, 0.2) is 48.5 Å². The molecule has 0 atom stereocenters. The largest absolute Gasteiger partial charge is 0.497 e. The predicted molar refractivity (Wildman–Crippen MR) is 90.0 cm³/mol. The van der Waals surface area contributed by atoms with Gasteiger partial charge < -0.3 is 4.74 Å². The molecule has 0 amide bonds. The first-order valence-corrected chi connectivity index (χ1v) is 7.57. The summed E-state index contributed by atoms with van der Waals surface area (Å²) in [6.07, 6.45) is 0. The number of nitrogens with zero attached hydrogens (tertiary/aromatic N) is 1. The molecule has 0 spiro atoms. The summed E-state index contributed by atoms with van der Waals surface area (Å²) in [5.41, 5.74) is 0.116. The molecule has 1 aromatic heterocycles. The fourth-order valence-corrected chi connectivity index (χ4v) is 4.06. The van der Waals surface area contributed by atoms with E-state index in [1.165, 1.54) is 0 Å². The summed E-state index contributed by atoms with van der Waals surface area (Å²) in [6, 6.07) is 15.1. The molecule has 4 rings (SSSR count). The van der Waals surface area contributed by atoms with Crippen molar-refractivity contribution in [1.29, 1.82) is 0 Å². The van der Waals surface area contributed by atoms with Crippen molar-refractivity contribution >= 4 is 48.0 Å². The van der Waals surface area contributed by atoms with Gasteiger partial charge in [-0.1, -0.05) is 18.2 Å². The summed E-state index contributed by atoms with van der Waals surface area (Å²) in [7, 11) is 1.56. The first kappa shape index (κ1) is 13.0. The van der Waals surface area contributed by atoms with Crippen molar-refractivity contribution in [2.24, 2.45) is 0 Å². The van der Waals surface area contributed by atoms with Gasteiger partial charge in [0.15, 0.2) is 0 Å². The second kappa shape index (κ2) is 4.68. The molecule has 3 aromatic carbocycles. The van der Waals surface area contributed by atoms with Gasteiger partial charge in [0.05, 0.1) is 17.4 Å². The van der Waals surface area contributed by atoms with Gasteiger partial charge in [0, 0.05) is 31.6 Å². The van der Waals surface area contributed by atoms with Crippen molar-refractivity contribution in [3.63, 3.8) is 0 Å². The van der Waals surface area contributed by atoms with Gasteiger partial charge in [0.1, 0.15) is 5.75 Å². The number of ether oxygens (including phenoxy) is 1. The van der Waals surface area contributed by atoms with Gasteiger partial charge in [-0.15, -0.1) is 11.3 Å². The van der Waals surface area contributed by atoms with Gasteiger partial charge in [-0.3, -0.25) is 10.1 Å². The molecule has 0 N–H and O–H groups in total. The summed E-state index contributed by atoms with van der Waals surface area (Å²) in [5, 5.41) is 15.0. The summed E-state index contributed by atoms with van der Waals surface area (Å²) < 4.78 is 7.42. The molecule has 0 unspecified atom stereocenters. The molecule has 0 bridgehead atoms. The maximum atomic E-state index is 11.5. The number of thiophene rings is 1. The minimum absolute atomic E-state index is 0.116. The van der Waals surface area contributed by atoms with Crippen LogP contribution in [0.1, 0.15) is 0 Å². The third-order valence-electron chi connectivity index (χ3n) is 3.86. The molecule has 4 aromatic rings. The lowest BCUT2D eigenvalue weighted by Crippen LogP contribution is -1.91. The van der Waals surface area contributed by atoms with E-state index in [9.17, 15) is 10.1 Å². The van der Waals surface area contributed by atoms with E-state index in [1.54, 1.807) is 30.6 Å². The highest BCUT2D eigenvalue weighted by molar-refractivity contribution is 7.26. The molecular weight excluding hydrogens is 298 g/mol. The Morgan fingerprint density at radius 1 is 1.00 bits per heavy atom. The van der Waals surface area contributed by atoms with Crippen LogP contribution in [0.2, 0.25) is 0 Å². The molecule has 0 aliphatic heterocycles. The smallest absolute Gasteiger partial charge is 0.278 e. The number of fused-ring (bicyclic) bond motifs is 5. The molecule has 0 saturated carbocycles. The lowest BCUT2D eigenvalue weighted by molar-refractivity contribution is -0.382. The standard InChI is InChI=1S/C17H11NO3S/c1-21-10-6-7-12-13(8-10)15(18(19)20)9-14-11-4-2-3-5-16(11)22-17(12)14/h2-9H,1H3. The number of methoxy groups -OCH3 is 1. The van der Waals surface area contributed by atoms with E-state index in [1.807, 2.05) is 36.4 Å². The van der Waals surface area contributed by atoms with Crippen LogP contribution in [-0.2, 0) is 0 Å². The van der Waals surface area contributed by atoms with Crippen molar-refractivity contribution < 1.29 is 9.66 Å². The normalized spacial score (nSPS) is 11.3. The summed E-state index contributed by atoms with van der Waals surface area (Å²) in [4.78, 5) is 11.2. The maximum absolute atomic E-state index is 11.5. The van der Waals surface area contributed by atoms with Crippen LogP contribution in [0.5, 0.6) is 5.75 Å². The van der Waals surface area contributed by atoms with Crippen LogP contribution in [0.3, 0.4) is 0 Å². The molecule has 0 saturated heterocycles. The van der Waals surface area contributed by atoms with Gasteiger partial charge in [0.2, 0.25) is 0 Å². The van der Waals surface area contributed by atoms with Gasteiger partial charge in [-0.05, 0) is 24.3 Å². The predicted octanol–water partition coefficient (Wildman–Crippen LogP) is 5.12. The van der Waals surface area contributed by atoms with Gasteiger partial charge in [0.25, 0.3) is 5.69 Å². The zero-order valence-electron chi connectivity index (χ0n) is 11.7. The Morgan fingerprint density at radius 2 is 1.82 bits per heavy atom. The number of hydrogen-bond donors (Lipinski definition) is 0. The number of hydrogen-bond acceptors (Lipinski definition) is 4. The third kappa shape index (κ3) is 1.76. The Labute approximate surface area is 129 Å². The van der Waals surface area contributed by atoms with Crippen LogP contribution in [-0.4, -0.2) is 12.0 Å². The van der Waals surface area contributed by atoms with E-state index in [4.69, 9.17) is 4.74 Å². The van der Waals surface area contributed by atoms with E-state index in [2.05, 4.69) is 0 Å². The van der Waals surface area contributed by atoms with E-state index in [-0.39, 0.29) is 10.6 Å². The van der Waals surface area contributed by atoms with Crippen LogP contribution in [0.4, 0.5) is 5.69 Å². The summed E-state index contributed by atoms with van der Waals surface area (Å²) >= 11 is 1.66. The highest BCUT2D eigenvalue weighted by Crippen LogP contribution is 2.42. The Bertz CT molecular complexity index is 1050. The zero-order valence-corrected chi connectivity index (χ0v) is 12.5. The number of nitro groups is 1. The first-order valence-electron chi connectivity index (χ1n) is 6.75. The molecular formula is C17H11NO3S. The van der Waals surface area contributed by atoms with E-state index < -0.39 is 0 Å². The first-order chi connectivity index (χ1) is 10.7. The maximum Gasteiger partial charge on any atom is 0.278 e. The summed E-state index contributed by atoms with van der Waals surface area (Å²) in [6.45, 7) is 0. The second-order valence-electron chi connectivity index (χ2n) is 5.04. The number of rotatable bonds is 2. The zero-order chi connectivity index (χ0) is 15.3. The number of non-ortho nitro benzene ring substituents is 1. The van der Waals surface area contributed by atoms with Gasteiger partial charge in [-0.25, -0.2) is 0 Å². The van der Waals surface area contributed by atoms with Crippen molar-refractivity contribution in [2.45, 2.75) is 0 Å². The van der Waals surface area contributed by atoms with Crippen LogP contribution in [0, 0.1) is 10.1 Å². The summed E-state index contributed by atoms with van der Waals surface area (Å²) in [5.74, 6) is 0.621. The SMILES string of the molecule is COc1ccc2c(c1)c([N+](=O)[O-])cc1c3ccccc3sc21. The van der Waals surface area contributed by atoms with Crippen molar-refractivity contribution in [2.75, 3.05) is 7.11 Å². The topological polar surface area (TPSA) is 52.4 Å². The average Bonchev–Trinajstić information content (AvgIpc) is 2.92. The quantitative estimate of drug-likeness (QED) is 0.381. The number of benzene rings is 3. The molecule has 108 valence electrons. The Hall–Kier alpha value is -2.66. The van der Waals surface area contributed by atoms with Crippen molar-refractivity contribution in [3.8, 4) is 5.75 Å². The van der Waals surface area contributed by atoms with Crippen LogP contribution < -0.4 is 4.74 Å². The fourth-order valence-electron chi connectivity index (χ4n) is 2.83. The molecule has 5 heteroatoms. The molecule has 22 heavy (non-hydrogen) atoms. The fraction of sp³-hybridized carbons (Fsp3) is 0.0588. The molecule has 0 aliphatic carbocycles. The van der Waals surface area contributed by atoms with E-state index >= 15 is 0 Å². The lowest BCUT2D eigenvalue weighted by Gasteiger charge is -2.05. The van der Waals surface area contributed by atoms with Gasteiger partial charge in [-0.2, -0.15) is 0 Å². The lowest BCUT2D eigenvalue weighted by atomic mass is 10.0. The number of nitro benzene ring substituents is 1. The van der Waals surface area contributed by atoms with E-state index in [0.717, 1.165) is 25.6 Å². The molecule has 0 aliphatic rings. The molecule has 0 radical (unpaired) electrons. The Balaban J connectivity index is 2.25. The Morgan fingerprint density at radius 3 is 2.59 bits per heavy atom. The highest BCUT2D eigenvalue weighted by atomic mass is 32.1. The van der Waals surface area contributed by atoms with Gasteiger partial charge >= 0.3 is 0 Å². The molecule has 0 fully saturated rings. The van der Waals surface area contributed by atoms with E-state index in [0.29, 0.717) is 11.1 Å². The highest BCUT2D eigenvalue weighted by Gasteiger charge is 2.18. The minimum atomic E-state index is -0.326.